The lowest BCUT2D eigenvalue weighted by atomic mass is 10.1. The van der Waals surface area contributed by atoms with Gasteiger partial charge in [-0.3, -0.25) is 4.79 Å². The quantitative estimate of drug-likeness (QED) is 0.829. The van der Waals surface area contributed by atoms with E-state index in [-0.39, 0.29) is 6.42 Å². The Hall–Kier alpha value is -1.48. The Morgan fingerprint density at radius 2 is 2.29 bits per heavy atom. The molecule has 2 rings (SSSR count). The van der Waals surface area contributed by atoms with Gasteiger partial charge in [-0.05, 0) is 12.1 Å². The summed E-state index contributed by atoms with van der Waals surface area (Å²) in [6.07, 6.45) is 1.36. The molecule has 3 nitrogen and oxygen atoms in total. The summed E-state index contributed by atoms with van der Waals surface area (Å²) in [6.45, 7) is 0. The fourth-order valence-electron chi connectivity index (χ4n) is 1.40. The summed E-state index contributed by atoms with van der Waals surface area (Å²) < 4.78 is 5.18. The van der Waals surface area contributed by atoms with Crippen LogP contribution in [-0.2, 0) is 11.2 Å². The van der Waals surface area contributed by atoms with Crippen LogP contribution in [0.1, 0.15) is 5.56 Å². The van der Waals surface area contributed by atoms with Crippen molar-refractivity contribution in [1.29, 1.82) is 0 Å². The zero-order valence-corrected chi connectivity index (χ0v) is 7.91. The summed E-state index contributed by atoms with van der Waals surface area (Å²) in [5.41, 5.74) is 1.23. The molecule has 4 heteroatoms. The van der Waals surface area contributed by atoms with Gasteiger partial charge in [0.15, 0.2) is 0 Å². The van der Waals surface area contributed by atoms with Crippen LogP contribution in [0.3, 0.4) is 0 Å². The minimum absolute atomic E-state index is 0.0727. The van der Waals surface area contributed by atoms with Crippen molar-refractivity contribution in [2.75, 3.05) is 0 Å². The molecule has 0 aliphatic carbocycles. The fraction of sp³-hybridized carbons (Fsp3) is 0.100. The first kappa shape index (κ1) is 9.09. The molecule has 0 fully saturated rings. The first-order chi connectivity index (χ1) is 6.68. The van der Waals surface area contributed by atoms with E-state index in [1.807, 2.05) is 0 Å². The lowest BCUT2D eigenvalue weighted by molar-refractivity contribution is -0.136. The Labute approximate surface area is 84.9 Å². The number of halogens is 1. The predicted molar refractivity (Wildman–Crippen MR) is 52.6 cm³/mol. The monoisotopic (exact) mass is 210 g/mol. The Balaban J connectivity index is 2.61. The number of carbonyl (C=O) groups is 1. The van der Waals surface area contributed by atoms with Crippen molar-refractivity contribution in [2.24, 2.45) is 0 Å². The van der Waals surface area contributed by atoms with Crippen LogP contribution in [0.5, 0.6) is 0 Å². The highest BCUT2D eigenvalue weighted by Gasteiger charge is 2.11. The number of aliphatic carboxylic acids is 1. The lowest BCUT2D eigenvalue weighted by Crippen LogP contribution is -1.98. The molecule has 1 N–H and O–H groups in total. The van der Waals surface area contributed by atoms with Crippen LogP contribution in [-0.4, -0.2) is 11.1 Å². The van der Waals surface area contributed by atoms with Crippen molar-refractivity contribution in [3.8, 4) is 0 Å². The van der Waals surface area contributed by atoms with E-state index >= 15 is 0 Å². The van der Waals surface area contributed by atoms with E-state index in [1.165, 1.54) is 6.26 Å². The van der Waals surface area contributed by atoms with Crippen molar-refractivity contribution in [3.63, 3.8) is 0 Å². The van der Waals surface area contributed by atoms with Crippen molar-refractivity contribution in [2.45, 2.75) is 6.42 Å². The molecule has 0 bridgehead atoms. The summed E-state index contributed by atoms with van der Waals surface area (Å²) in [6, 6.07) is 5.23. The van der Waals surface area contributed by atoms with E-state index in [1.54, 1.807) is 18.2 Å². The maximum atomic E-state index is 10.5. The van der Waals surface area contributed by atoms with Crippen molar-refractivity contribution in [3.05, 3.63) is 35.0 Å². The first-order valence-corrected chi connectivity index (χ1v) is 4.42. The molecular weight excluding hydrogens is 204 g/mol. The van der Waals surface area contributed by atoms with Crippen LogP contribution in [0.25, 0.3) is 11.0 Å². The third-order valence-electron chi connectivity index (χ3n) is 1.97. The smallest absolute Gasteiger partial charge is 0.307 e. The Kier molecular flexibility index (Phi) is 2.17. The summed E-state index contributed by atoms with van der Waals surface area (Å²) in [5.74, 6) is -0.896. The van der Waals surface area contributed by atoms with E-state index in [9.17, 15) is 4.79 Å². The molecule has 0 aliphatic rings. The van der Waals surface area contributed by atoms with Gasteiger partial charge < -0.3 is 9.52 Å². The van der Waals surface area contributed by atoms with Crippen LogP contribution in [0.2, 0.25) is 5.02 Å². The highest BCUT2D eigenvalue weighted by atomic mass is 35.5. The van der Waals surface area contributed by atoms with Crippen LogP contribution in [0.15, 0.2) is 28.9 Å². The van der Waals surface area contributed by atoms with E-state index in [2.05, 4.69) is 0 Å². The summed E-state index contributed by atoms with van der Waals surface area (Å²) in [7, 11) is 0. The van der Waals surface area contributed by atoms with Gasteiger partial charge in [-0.1, -0.05) is 17.7 Å². The second-order valence-electron chi connectivity index (χ2n) is 2.94. The van der Waals surface area contributed by atoms with Gasteiger partial charge in [0.05, 0.1) is 17.7 Å². The molecule has 1 aromatic carbocycles. The summed E-state index contributed by atoms with van der Waals surface area (Å²) >= 11 is 5.93. The number of carboxylic acid groups (broad SMARTS) is 1. The maximum Gasteiger partial charge on any atom is 0.307 e. The van der Waals surface area contributed by atoms with Gasteiger partial charge in [0.1, 0.15) is 5.58 Å². The zero-order valence-electron chi connectivity index (χ0n) is 7.16. The van der Waals surface area contributed by atoms with Crippen LogP contribution in [0, 0.1) is 0 Å². The lowest BCUT2D eigenvalue weighted by Gasteiger charge is -1.95. The van der Waals surface area contributed by atoms with Gasteiger partial charge >= 0.3 is 5.97 Å². The van der Waals surface area contributed by atoms with Crippen LogP contribution < -0.4 is 0 Å². The van der Waals surface area contributed by atoms with E-state index in [0.29, 0.717) is 21.6 Å². The molecular formula is C10H7ClO3. The van der Waals surface area contributed by atoms with E-state index < -0.39 is 5.97 Å². The number of benzene rings is 1. The molecule has 1 aromatic heterocycles. The molecule has 0 saturated heterocycles. The molecule has 0 spiro atoms. The fourth-order valence-corrected chi connectivity index (χ4v) is 1.69. The average molecular weight is 211 g/mol. The molecule has 2 aromatic rings. The Morgan fingerprint density at radius 1 is 1.50 bits per heavy atom. The van der Waals surface area contributed by atoms with Gasteiger partial charge in [-0.15, -0.1) is 0 Å². The highest BCUT2D eigenvalue weighted by Crippen LogP contribution is 2.28. The minimum atomic E-state index is -0.896. The molecule has 0 radical (unpaired) electrons. The van der Waals surface area contributed by atoms with Crippen LogP contribution >= 0.6 is 11.6 Å². The Bertz CT molecular complexity index is 487. The van der Waals surface area contributed by atoms with Crippen molar-refractivity contribution >= 4 is 28.5 Å². The summed E-state index contributed by atoms with van der Waals surface area (Å²) in [4.78, 5) is 10.5. The molecule has 0 amide bonds. The summed E-state index contributed by atoms with van der Waals surface area (Å²) in [5, 5.41) is 9.86. The standard InChI is InChI=1S/C10H7ClO3/c11-7-2-1-3-8-10(7)6(5-14-8)4-9(12)13/h1-3,5H,4H2,(H,12,13). The number of rotatable bonds is 2. The molecule has 0 aliphatic heterocycles. The maximum absolute atomic E-state index is 10.5. The predicted octanol–water partition coefficient (Wildman–Crippen LogP) is 2.71. The second kappa shape index (κ2) is 3.35. The van der Waals surface area contributed by atoms with Gasteiger partial charge in [-0.2, -0.15) is 0 Å². The van der Waals surface area contributed by atoms with Crippen molar-refractivity contribution in [1.82, 2.24) is 0 Å². The molecule has 0 saturated carbocycles. The van der Waals surface area contributed by atoms with Crippen LogP contribution in [0.4, 0.5) is 0 Å². The SMILES string of the molecule is O=C(O)Cc1coc2cccc(Cl)c12. The van der Waals surface area contributed by atoms with Gasteiger partial charge in [0.25, 0.3) is 0 Å². The molecule has 14 heavy (non-hydrogen) atoms. The minimum Gasteiger partial charge on any atom is -0.481 e. The topological polar surface area (TPSA) is 50.4 Å². The van der Waals surface area contributed by atoms with Gasteiger partial charge in [-0.25, -0.2) is 0 Å². The van der Waals surface area contributed by atoms with Gasteiger partial charge in [0, 0.05) is 10.9 Å². The average Bonchev–Trinajstić information content (AvgIpc) is 2.49. The largest absolute Gasteiger partial charge is 0.481 e. The van der Waals surface area contributed by atoms with Crippen molar-refractivity contribution < 1.29 is 14.3 Å². The number of hydrogen-bond donors (Lipinski definition) is 1. The number of furan rings is 1. The number of hydrogen-bond acceptors (Lipinski definition) is 2. The third kappa shape index (κ3) is 1.46. The molecule has 72 valence electrons. The number of carboxylic acids is 1. The highest BCUT2D eigenvalue weighted by molar-refractivity contribution is 6.35. The normalized spacial score (nSPS) is 10.6. The Morgan fingerprint density at radius 3 is 3.00 bits per heavy atom. The zero-order chi connectivity index (χ0) is 10.1. The van der Waals surface area contributed by atoms with E-state index in [4.69, 9.17) is 21.1 Å². The number of fused-ring (bicyclic) bond motifs is 1. The third-order valence-corrected chi connectivity index (χ3v) is 2.28. The first-order valence-electron chi connectivity index (χ1n) is 4.05. The molecule has 0 atom stereocenters. The molecule has 1 heterocycles. The second-order valence-corrected chi connectivity index (χ2v) is 3.35. The van der Waals surface area contributed by atoms with E-state index in [0.717, 1.165) is 0 Å². The molecule has 0 unspecified atom stereocenters. The van der Waals surface area contributed by atoms with Gasteiger partial charge in [0.2, 0.25) is 0 Å².